The first-order valence-electron chi connectivity index (χ1n) is 6.11. The van der Waals surface area contributed by atoms with Gasteiger partial charge in [0.1, 0.15) is 17.5 Å². The number of aromatic nitrogens is 2. The lowest BCUT2D eigenvalue weighted by Crippen LogP contribution is -2.13. The van der Waals surface area contributed by atoms with Gasteiger partial charge in [0.05, 0.1) is 11.7 Å². The third kappa shape index (κ3) is 2.84. The predicted octanol–water partition coefficient (Wildman–Crippen LogP) is 3.23. The molecule has 1 N–H and O–H groups in total. The molecular weight excluding hydrogens is 266 g/mol. The Hall–Kier alpha value is -2.24. The first-order valence-corrected chi connectivity index (χ1v) is 6.11. The van der Waals surface area contributed by atoms with Gasteiger partial charge in [-0.25, -0.2) is 18.6 Å². The number of aromatic amines is 1. The molecular formula is C14H14F2N2O2. The molecule has 0 saturated carbocycles. The average molecular weight is 280 g/mol. The highest BCUT2D eigenvalue weighted by molar-refractivity contribution is 5.89. The van der Waals surface area contributed by atoms with Crippen LogP contribution in [-0.2, 0) is 4.74 Å². The third-order valence-corrected chi connectivity index (χ3v) is 2.61. The van der Waals surface area contributed by atoms with Crippen LogP contribution in [0.4, 0.5) is 8.78 Å². The van der Waals surface area contributed by atoms with E-state index in [1.54, 1.807) is 20.8 Å². The lowest BCUT2D eigenvalue weighted by atomic mass is 10.2. The summed E-state index contributed by atoms with van der Waals surface area (Å²) in [6, 6.07) is 3.15. The van der Waals surface area contributed by atoms with Gasteiger partial charge in [-0.3, -0.25) is 0 Å². The maximum Gasteiger partial charge on any atom is 0.359 e. The Morgan fingerprint density at radius 3 is 2.65 bits per heavy atom. The zero-order valence-electron chi connectivity index (χ0n) is 11.3. The molecule has 0 saturated heterocycles. The second-order valence-corrected chi connectivity index (χ2v) is 4.64. The largest absolute Gasteiger partial charge is 0.458 e. The summed E-state index contributed by atoms with van der Waals surface area (Å²) in [7, 11) is 0. The van der Waals surface area contributed by atoms with Gasteiger partial charge in [-0.05, 0) is 32.9 Å². The van der Waals surface area contributed by atoms with Crippen LogP contribution in [0.1, 0.15) is 30.0 Å². The monoisotopic (exact) mass is 280 g/mol. The second-order valence-electron chi connectivity index (χ2n) is 4.64. The van der Waals surface area contributed by atoms with E-state index in [0.717, 1.165) is 12.1 Å². The van der Waals surface area contributed by atoms with Crippen molar-refractivity contribution in [1.29, 1.82) is 0 Å². The number of nitrogens with one attached hydrogen (secondary N) is 1. The Morgan fingerprint density at radius 1 is 1.35 bits per heavy atom. The topological polar surface area (TPSA) is 55.0 Å². The van der Waals surface area contributed by atoms with E-state index in [1.165, 1.54) is 6.07 Å². The lowest BCUT2D eigenvalue weighted by molar-refractivity contribution is 0.0370. The third-order valence-electron chi connectivity index (χ3n) is 2.61. The number of halogens is 2. The van der Waals surface area contributed by atoms with Crippen molar-refractivity contribution in [3.63, 3.8) is 0 Å². The summed E-state index contributed by atoms with van der Waals surface area (Å²) < 4.78 is 31.6. The zero-order chi connectivity index (χ0) is 14.9. The lowest BCUT2D eigenvalue weighted by Gasteiger charge is -2.05. The number of nitrogens with zero attached hydrogens (tertiary/aromatic N) is 1. The molecule has 0 radical (unpaired) electrons. The Morgan fingerprint density at radius 2 is 2.05 bits per heavy atom. The summed E-state index contributed by atoms with van der Waals surface area (Å²) in [6.07, 6.45) is -0.274. The van der Waals surface area contributed by atoms with E-state index < -0.39 is 17.6 Å². The molecule has 6 heteroatoms. The minimum atomic E-state index is -0.748. The maximum absolute atomic E-state index is 13.7. The fourth-order valence-electron chi connectivity index (χ4n) is 1.74. The van der Waals surface area contributed by atoms with Gasteiger partial charge in [0, 0.05) is 11.8 Å². The van der Waals surface area contributed by atoms with E-state index in [9.17, 15) is 13.6 Å². The molecule has 4 nitrogen and oxygen atoms in total. The smallest absolute Gasteiger partial charge is 0.359 e. The number of aryl methyl sites for hydroxylation is 1. The molecule has 20 heavy (non-hydrogen) atoms. The summed E-state index contributed by atoms with van der Waals surface area (Å²) >= 11 is 0. The number of benzene rings is 1. The zero-order valence-corrected chi connectivity index (χ0v) is 11.3. The van der Waals surface area contributed by atoms with Crippen molar-refractivity contribution in [2.75, 3.05) is 0 Å². The number of hydrogen-bond donors (Lipinski definition) is 1. The quantitative estimate of drug-likeness (QED) is 0.878. The predicted molar refractivity (Wildman–Crippen MR) is 69.2 cm³/mol. The Bertz CT molecular complexity index is 651. The summed E-state index contributed by atoms with van der Waals surface area (Å²) in [5.74, 6) is -1.84. The average Bonchev–Trinajstić information content (AvgIpc) is 2.70. The standard InChI is InChI=1S/C14H14F2N2O2/c1-7(2)20-14(19)12-8(3)17-13(18-12)10-5-4-9(15)6-11(10)16/h4-7H,1-3H3,(H,17,18). The van der Waals surface area contributed by atoms with Crippen LogP contribution in [0, 0.1) is 18.6 Å². The van der Waals surface area contributed by atoms with Crippen molar-refractivity contribution in [3.05, 3.63) is 41.2 Å². The fourth-order valence-corrected chi connectivity index (χ4v) is 1.74. The highest BCUT2D eigenvalue weighted by Gasteiger charge is 2.19. The Balaban J connectivity index is 2.38. The first kappa shape index (κ1) is 14.2. The molecule has 0 spiro atoms. The van der Waals surface area contributed by atoms with E-state index in [-0.39, 0.29) is 23.2 Å². The van der Waals surface area contributed by atoms with Crippen LogP contribution in [-0.4, -0.2) is 22.0 Å². The van der Waals surface area contributed by atoms with Crippen LogP contribution in [0.25, 0.3) is 11.4 Å². The van der Waals surface area contributed by atoms with Crippen LogP contribution in [0.3, 0.4) is 0 Å². The van der Waals surface area contributed by atoms with Crippen molar-refractivity contribution < 1.29 is 18.3 Å². The van der Waals surface area contributed by atoms with Crippen molar-refractivity contribution in [3.8, 4) is 11.4 Å². The highest BCUT2D eigenvalue weighted by atomic mass is 19.1. The normalized spacial score (nSPS) is 10.9. The molecule has 106 valence electrons. The van der Waals surface area contributed by atoms with Gasteiger partial charge in [-0.2, -0.15) is 0 Å². The molecule has 0 amide bonds. The van der Waals surface area contributed by atoms with Gasteiger partial charge in [-0.15, -0.1) is 0 Å². The summed E-state index contributed by atoms with van der Waals surface area (Å²) in [6.45, 7) is 5.08. The van der Waals surface area contributed by atoms with Crippen LogP contribution in [0.2, 0.25) is 0 Å². The molecule has 2 rings (SSSR count). The molecule has 1 heterocycles. The van der Waals surface area contributed by atoms with Gasteiger partial charge in [0.25, 0.3) is 0 Å². The van der Waals surface area contributed by atoms with Crippen molar-refractivity contribution >= 4 is 5.97 Å². The second kappa shape index (κ2) is 5.40. The van der Waals surface area contributed by atoms with Crippen LogP contribution >= 0.6 is 0 Å². The van der Waals surface area contributed by atoms with Gasteiger partial charge in [0.2, 0.25) is 0 Å². The number of carbonyl (C=O) groups is 1. The molecule has 0 atom stereocenters. The van der Waals surface area contributed by atoms with E-state index in [2.05, 4.69) is 9.97 Å². The molecule has 1 aromatic heterocycles. The molecule has 0 unspecified atom stereocenters. The SMILES string of the molecule is Cc1[nH]c(-c2ccc(F)cc2F)nc1C(=O)OC(C)C. The van der Waals surface area contributed by atoms with Crippen LogP contribution < -0.4 is 0 Å². The summed E-state index contributed by atoms with van der Waals surface area (Å²) in [5.41, 5.74) is 0.657. The molecule has 2 aromatic rings. The van der Waals surface area contributed by atoms with Gasteiger partial charge < -0.3 is 9.72 Å². The van der Waals surface area contributed by atoms with E-state index in [0.29, 0.717) is 5.69 Å². The molecule has 0 fully saturated rings. The fraction of sp³-hybridized carbons (Fsp3) is 0.286. The molecule has 0 aliphatic carbocycles. The summed E-state index contributed by atoms with van der Waals surface area (Å²) in [4.78, 5) is 18.6. The van der Waals surface area contributed by atoms with E-state index in [4.69, 9.17) is 4.74 Å². The maximum atomic E-state index is 13.7. The molecule has 0 bridgehead atoms. The molecule has 1 aromatic carbocycles. The molecule has 0 aliphatic heterocycles. The Labute approximate surface area is 114 Å². The molecule has 0 aliphatic rings. The minimum Gasteiger partial charge on any atom is -0.458 e. The van der Waals surface area contributed by atoms with Crippen molar-refractivity contribution in [1.82, 2.24) is 9.97 Å². The summed E-state index contributed by atoms with van der Waals surface area (Å²) in [5, 5.41) is 0. The number of ether oxygens (including phenoxy) is 1. The van der Waals surface area contributed by atoms with Gasteiger partial charge in [0.15, 0.2) is 5.69 Å². The minimum absolute atomic E-state index is 0.0948. The van der Waals surface area contributed by atoms with Crippen LogP contribution in [0.15, 0.2) is 18.2 Å². The highest BCUT2D eigenvalue weighted by Crippen LogP contribution is 2.22. The Kier molecular flexibility index (Phi) is 3.83. The van der Waals surface area contributed by atoms with Crippen molar-refractivity contribution in [2.45, 2.75) is 26.9 Å². The number of rotatable bonds is 3. The number of hydrogen-bond acceptors (Lipinski definition) is 3. The number of carbonyl (C=O) groups excluding carboxylic acids is 1. The van der Waals surface area contributed by atoms with E-state index in [1.807, 2.05) is 0 Å². The number of H-pyrrole nitrogens is 1. The van der Waals surface area contributed by atoms with Gasteiger partial charge >= 0.3 is 5.97 Å². The van der Waals surface area contributed by atoms with Crippen LogP contribution in [0.5, 0.6) is 0 Å². The van der Waals surface area contributed by atoms with Crippen molar-refractivity contribution in [2.24, 2.45) is 0 Å². The number of esters is 1. The van der Waals surface area contributed by atoms with E-state index >= 15 is 0 Å². The number of imidazole rings is 1. The van der Waals surface area contributed by atoms with Gasteiger partial charge in [-0.1, -0.05) is 0 Å². The first-order chi connectivity index (χ1) is 9.38.